The van der Waals surface area contributed by atoms with Gasteiger partial charge in [0.1, 0.15) is 6.61 Å². The van der Waals surface area contributed by atoms with Crippen LogP contribution in [0.3, 0.4) is 0 Å². The van der Waals surface area contributed by atoms with Crippen molar-refractivity contribution in [2.24, 2.45) is 5.84 Å². The van der Waals surface area contributed by atoms with Gasteiger partial charge in [0, 0.05) is 23.6 Å². The van der Waals surface area contributed by atoms with Gasteiger partial charge in [0.15, 0.2) is 11.5 Å². The third-order valence-corrected chi connectivity index (χ3v) is 5.46. The highest BCUT2D eigenvalue weighted by Gasteiger charge is 2.39. The molecule has 2 aliphatic heterocycles. The third-order valence-electron chi connectivity index (χ3n) is 5.46. The topological polar surface area (TPSA) is 47.7 Å². The summed E-state index contributed by atoms with van der Waals surface area (Å²) < 4.78 is 12.0. The van der Waals surface area contributed by atoms with Crippen LogP contribution < -0.4 is 15.3 Å². The number of hydrogen-bond donors (Lipinski definition) is 1. The maximum absolute atomic E-state index is 6.41. The van der Waals surface area contributed by atoms with Crippen molar-refractivity contribution >= 4 is 0 Å². The van der Waals surface area contributed by atoms with Gasteiger partial charge >= 0.3 is 0 Å². The number of rotatable bonds is 4. The Labute approximate surface area is 149 Å². The van der Waals surface area contributed by atoms with Crippen molar-refractivity contribution in [3.05, 3.63) is 59.2 Å². The number of fused-ring (bicyclic) bond motifs is 1. The molecule has 4 nitrogen and oxygen atoms in total. The van der Waals surface area contributed by atoms with Crippen molar-refractivity contribution < 1.29 is 9.47 Å². The van der Waals surface area contributed by atoms with E-state index >= 15 is 0 Å². The number of hydrazine groups is 1. The van der Waals surface area contributed by atoms with E-state index in [1.165, 1.54) is 11.1 Å². The van der Waals surface area contributed by atoms with Crippen LogP contribution in [-0.4, -0.2) is 17.2 Å². The first kappa shape index (κ1) is 16.4. The summed E-state index contributed by atoms with van der Waals surface area (Å²) in [5.74, 6) is 8.15. The molecule has 1 unspecified atom stereocenters. The second kappa shape index (κ2) is 6.36. The first-order valence-electron chi connectivity index (χ1n) is 9.05. The Bertz CT molecular complexity index is 758. The average Bonchev–Trinajstić information content (AvgIpc) is 3.18. The minimum atomic E-state index is 0.0330. The SMILES string of the molecule is CC1(C)CCC(c2cc3c(c(OCc4ccccc4)c2)OCC3)N1N. The van der Waals surface area contributed by atoms with Crippen LogP contribution in [-0.2, 0) is 13.0 Å². The minimum Gasteiger partial charge on any atom is -0.489 e. The molecule has 4 rings (SSSR count). The van der Waals surface area contributed by atoms with Gasteiger partial charge in [0.05, 0.1) is 6.61 Å². The van der Waals surface area contributed by atoms with Gasteiger partial charge in [-0.2, -0.15) is 0 Å². The standard InChI is InChI=1S/C21H26N2O2/c1-21(2)10-8-18(23(21)22)17-12-16-9-11-24-20(16)19(13-17)25-14-15-6-4-3-5-7-15/h3-7,12-13,18H,8-11,14,22H2,1-2H3. The van der Waals surface area contributed by atoms with Gasteiger partial charge in [-0.05, 0) is 43.9 Å². The Morgan fingerprint density at radius 1 is 1.24 bits per heavy atom. The Morgan fingerprint density at radius 2 is 2.04 bits per heavy atom. The smallest absolute Gasteiger partial charge is 0.164 e. The highest BCUT2D eigenvalue weighted by atomic mass is 16.5. The predicted molar refractivity (Wildman–Crippen MR) is 98.5 cm³/mol. The van der Waals surface area contributed by atoms with Gasteiger partial charge in [0.2, 0.25) is 0 Å². The Morgan fingerprint density at radius 3 is 2.76 bits per heavy atom. The van der Waals surface area contributed by atoms with Crippen LogP contribution >= 0.6 is 0 Å². The zero-order chi connectivity index (χ0) is 17.4. The van der Waals surface area contributed by atoms with Crippen molar-refractivity contribution in [2.45, 2.75) is 51.3 Å². The molecule has 2 aromatic carbocycles. The lowest BCUT2D eigenvalue weighted by Gasteiger charge is -2.31. The van der Waals surface area contributed by atoms with E-state index in [-0.39, 0.29) is 11.6 Å². The predicted octanol–water partition coefficient (Wildman–Crippen LogP) is 3.99. The van der Waals surface area contributed by atoms with Crippen LogP contribution in [0.1, 0.15) is 49.4 Å². The van der Waals surface area contributed by atoms with E-state index in [4.69, 9.17) is 15.3 Å². The monoisotopic (exact) mass is 338 g/mol. The van der Waals surface area contributed by atoms with Gasteiger partial charge < -0.3 is 9.47 Å². The minimum absolute atomic E-state index is 0.0330. The van der Waals surface area contributed by atoms with Crippen LogP contribution in [0.5, 0.6) is 11.5 Å². The summed E-state index contributed by atoms with van der Waals surface area (Å²) in [5.41, 5.74) is 3.66. The van der Waals surface area contributed by atoms with Gasteiger partial charge in [-0.15, -0.1) is 0 Å². The molecule has 2 aliphatic rings. The van der Waals surface area contributed by atoms with E-state index in [1.54, 1.807) is 0 Å². The van der Waals surface area contributed by atoms with Gasteiger partial charge in [0.25, 0.3) is 0 Å². The molecule has 0 saturated carbocycles. The lowest BCUT2D eigenvalue weighted by Crippen LogP contribution is -2.44. The summed E-state index contributed by atoms with van der Waals surface area (Å²) in [6.45, 7) is 5.68. The van der Waals surface area contributed by atoms with Crippen molar-refractivity contribution in [1.29, 1.82) is 0 Å². The molecular formula is C21H26N2O2. The molecular weight excluding hydrogens is 312 g/mol. The molecule has 2 aromatic rings. The van der Waals surface area contributed by atoms with Crippen LogP contribution in [0.25, 0.3) is 0 Å². The van der Waals surface area contributed by atoms with Crippen LogP contribution in [0, 0.1) is 0 Å². The average molecular weight is 338 g/mol. The molecule has 132 valence electrons. The zero-order valence-electron chi connectivity index (χ0n) is 15.0. The molecule has 4 heteroatoms. The molecule has 2 heterocycles. The lowest BCUT2D eigenvalue weighted by molar-refractivity contribution is 0.131. The third kappa shape index (κ3) is 3.12. The quantitative estimate of drug-likeness (QED) is 0.856. The molecule has 0 radical (unpaired) electrons. The zero-order valence-corrected chi connectivity index (χ0v) is 15.0. The molecule has 0 bridgehead atoms. The van der Waals surface area contributed by atoms with Crippen molar-refractivity contribution in [3.63, 3.8) is 0 Å². The summed E-state index contributed by atoms with van der Waals surface area (Å²) >= 11 is 0. The second-order valence-electron chi connectivity index (χ2n) is 7.65. The van der Waals surface area contributed by atoms with E-state index in [9.17, 15) is 0 Å². The van der Waals surface area contributed by atoms with E-state index in [2.05, 4.69) is 38.1 Å². The maximum atomic E-state index is 6.41. The number of ether oxygens (including phenoxy) is 2. The summed E-state index contributed by atoms with van der Waals surface area (Å²) in [5, 5.41) is 2.01. The van der Waals surface area contributed by atoms with Crippen LogP contribution in [0.15, 0.2) is 42.5 Å². The molecule has 25 heavy (non-hydrogen) atoms. The molecule has 1 atom stereocenters. The normalized spacial score (nSPS) is 21.8. The fourth-order valence-electron chi connectivity index (χ4n) is 3.84. The first-order valence-corrected chi connectivity index (χ1v) is 9.05. The fraction of sp³-hybridized carbons (Fsp3) is 0.429. The summed E-state index contributed by atoms with van der Waals surface area (Å²) in [4.78, 5) is 0. The number of nitrogens with two attached hydrogens (primary N) is 1. The van der Waals surface area contributed by atoms with Gasteiger partial charge in [-0.25, -0.2) is 5.01 Å². The highest BCUT2D eigenvalue weighted by molar-refractivity contribution is 5.52. The molecule has 0 aromatic heterocycles. The van der Waals surface area contributed by atoms with Crippen LogP contribution in [0.2, 0.25) is 0 Å². The van der Waals surface area contributed by atoms with Crippen LogP contribution in [0.4, 0.5) is 0 Å². The maximum Gasteiger partial charge on any atom is 0.164 e. The van der Waals surface area contributed by atoms with E-state index < -0.39 is 0 Å². The van der Waals surface area contributed by atoms with Crippen molar-refractivity contribution in [1.82, 2.24) is 5.01 Å². The molecule has 0 aliphatic carbocycles. The molecule has 1 saturated heterocycles. The largest absolute Gasteiger partial charge is 0.489 e. The number of hydrogen-bond acceptors (Lipinski definition) is 4. The number of benzene rings is 2. The number of nitrogens with zero attached hydrogens (tertiary/aromatic N) is 1. The second-order valence-corrected chi connectivity index (χ2v) is 7.65. The Kier molecular flexibility index (Phi) is 4.18. The summed E-state index contributed by atoms with van der Waals surface area (Å²) in [6.07, 6.45) is 3.11. The molecule has 2 N–H and O–H groups in total. The van der Waals surface area contributed by atoms with E-state index in [1.807, 2.05) is 23.2 Å². The first-order chi connectivity index (χ1) is 12.0. The van der Waals surface area contributed by atoms with Crippen molar-refractivity contribution in [2.75, 3.05) is 6.61 Å². The van der Waals surface area contributed by atoms with Gasteiger partial charge in [-0.3, -0.25) is 5.84 Å². The molecule has 1 fully saturated rings. The summed E-state index contributed by atoms with van der Waals surface area (Å²) in [7, 11) is 0. The lowest BCUT2D eigenvalue weighted by atomic mass is 10.00. The highest BCUT2D eigenvalue weighted by Crippen LogP contribution is 2.44. The Hall–Kier alpha value is -2.04. The van der Waals surface area contributed by atoms with Gasteiger partial charge in [-0.1, -0.05) is 36.4 Å². The fourth-order valence-corrected chi connectivity index (χ4v) is 3.84. The van der Waals surface area contributed by atoms with E-state index in [0.717, 1.165) is 42.9 Å². The molecule has 0 spiro atoms. The summed E-state index contributed by atoms with van der Waals surface area (Å²) in [6, 6.07) is 14.8. The van der Waals surface area contributed by atoms with Crippen molar-refractivity contribution in [3.8, 4) is 11.5 Å². The van der Waals surface area contributed by atoms with E-state index in [0.29, 0.717) is 6.61 Å². The Balaban J connectivity index is 1.62. The molecule has 0 amide bonds.